The van der Waals surface area contributed by atoms with E-state index in [0.717, 1.165) is 11.4 Å². The Bertz CT molecular complexity index is 177. The van der Waals surface area contributed by atoms with Crippen molar-refractivity contribution in [3.05, 3.63) is 0 Å². The summed E-state index contributed by atoms with van der Waals surface area (Å²) in [5, 5.41) is 0. The third-order valence-electron chi connectivity index (χ3n) is 2.38. The highest BCUT2D eigenvalue weighted by molar-refractivity contribution is 14.1. The zero-order chi connectivity index (χ0) is 10.1. The van der Waals surface area contributed by atoms with Crippen LogP contribution in [-0.2, 0) is 0 Å². The van der Waals surface area contributed by atoms with Crippen LogP contribution in [0.2, 0.25) is 0 Å². The molecule has 1 aliphatic rings. The number of nitrogens with zero attached hydrogens (tertiary/aromatic N) is 1. The lowest BCUT2D eigenvalue weighted by Gasteiger charge is -2.39. The van der Waals surface area contributed by atoms with E-state index < -0.39 is 18.1 Å². The minimum Gasteiger partial charge on any atom is -0.270 e. The van der Waals surface area contributed by atoms with Gasteiger partial charge in [-0.2, -0.15) is 0 Å². The third kappa shape index (κ3) is 2.71. The summed E-state index contributed by atoms with van der Waals surface area (Å²) in [6, 6.07) is 0. The van der Waals surface area contributed by atoms with Crippen LogP contribution in [-0.4, -0.2) is 40.6 Å². The van der Waals surface area contributed by atoms with Crippen molar-refractivity contribution in [3.8, 4) is 0 Å². The molecule has 1 saturated heterocycles. The predicted molar refractivity (Wildman–Crippen MR) is 54.4 cm³/mol. The second-order valence-corrected chi connectivity index (χ2v) is 4.65. The lowest BCUT2D eigenvalue weighted by atomic mass is 9.93. The molecule has 0 aromatic heterocycles. The van der Waals surface area contributed by atoms with Gasteiger partial charge < -0.3 is 0 Å². The van der Waals surface area contributed by atoms with Crippen molar-refractivity contribution in [3.63, 3.8) is 0 Å². The first-order valence-corrected chi connectivity index (χ1v) is 5.77. The van der Waals surface area contributed by atoms with Gasteiger partial charge in [-0.15, -0.1) is 0 Å². The van der Waals surface area contributed by atoms with Crippen molar-refractivity contribution in [1.82, 2.24) is 4.90 Å². The van der Waals surface area contributed by atoms with E-state index in [9.17, 15) is 13.2 Å². The van der Waals surface area contributed by atoms with Crippen LogP contribution in [0, 0.1) is 0 Å². The molecule has 1 heterocycles. The summed E-state index contributed by atoms with van der Waals surface area (Å²) in [6.07, 6.45) is -3.26. The van der Waals surface area contributed by atoms with Crippen LogP contribution in [0.3, 0.4) is 0 Å². The molecule has 13 heavy (non-hydrogen) atoms. The first-order chi connectivity index (χ1) is 5.97. The Kier molecular flexibility index (Phi) is 3.85. The maximum atomic E-state index is 13.3. The molecule has 78 valence electrons. The standard InChI is InChI=1S/C8H13F3IN/c1-8(11)4-7(10)13(3-2-12)5-6(8)9/h6-7H,2-5H2,1H3/t6?,7-,8?/m0/s1. The van der Waals surface area contributed by atoms with Crippen molar-refractivity contribution >= 4 is 22.6 Å². The van der Waals surface area contributed by atoms with Gasteiger partial charge in [-0.05, 0) is 6.92 Å². The van der Waals surface area contributed by atoms with E-state index in [4.69, 9.17) is 0 Å². The summed E-state index contributed by atoms with van der Waals surface area (Å²) < 4.78 is 40.4. The molecule has 1 rings (SSSR count). The Morgan fingerprint density at radius 1 is 1.54 bits per heavy atom. The molecular formula is C8H13F3IN. The summed E-state index contributed by atoms with van der Waals surface area (Å²) in [6.45, 7) is 1.49. The van der Waals surface area contributed by atoms with Crippen molar-refractivity contribution in [1.29, 1.82) is 0 Å². The summed E-state index contributed by atoms with van der Waals surface area (Å²) in [5.41, 5.74) is -2.00. The summed E-state index contributed by atoms with van der Waals surface area (Å²) >= 11 is 2.09. The Labute approximate surface area is 89.8 Å². The zero-order valence-corrected chi connectivity index (χ0v) is 9.60. The first-order valence-electron chi connectivity index (χ1n) is 4.24. The second-order valence-electron chi connectivity index (χ2n) is 3.57. The number of halogens is 4. The van der Waals surface area contributed by atoms with E-state index in [1.54, 1.807) is 0 Å². The summed E-state index contributed by atoms with van der Waals surface area (Å²) in [5.74, 6) is 0. The molecule has 0 aromatic carbocycles. The number of piperidine rings is 1. The first kappa shape index (κ1) is 11.6. The molecule has 0 spiro atoms. The largest absolute Gasteiger partial charge is 0.270 e. The fraction of sp³-hybridized carbons (Fsp3) is 1.00. The highest BCUT2D eigenvalue weighted by Gasteiger charge is 2.44. The SMILES string of the molecule is CC1(F)C[C@@H](F)N(CCI)CC1F. The van der Waals surface area contributed by atoms with Crippen LogP contribution < -0.4 is 0 Å². The van der Waals surface area contributed by atoms with Gasteiger partial charge in [-0.3, -0.25) is 4.90 Å². The molecule has 0 aromatic rings. The topological polar surface area (TPSA) is 3.24 Å². The lowest BCUT2D eigenvalue weighted by molar-refractivity contribution is -0.0775. The average molecular weight is 307 g/mol. The highest BCUT2D eigenvalue weighted by Crippen LogP contribution is 2.32. The second kappa shape index (κ2) is 4.33. The van der Waals surface area contributed by atoms with E-state index in [0.29, 0.717) is 6.54 Å². The molecule has 0 saturated carbocycles. The predicted octanol–water partition coefficient (Wildman–Crippen LogP) is 2.49. The van der Waals surface area contributed by atoms with Crippen molar-refractivity contribution in [2.45, 2.75) is 31.5 Å². The van der Waals surface area contributed by atoms with Crippen LogP contribution in [0.15, 0.2) is 0 Å². The van der Waals surface area contributed by atoms with E-state index in [-0.39, 0.29) is 13.0 Å². The maximum absolute atomic E-state index is 13.3. The van der Waals surface area contributed by atoms with Crippen LogP contribution in [0.4, 0.5) is 13.2 Å². The molecule has 3 atom stereocenters. The van der Waals surface area contributed by atoms with Gasteiger partial charge in [0.15, 0.2) is 6.30 Å². The highest BCUT2D eigenvalue weighted by atomic mass is 127. The van der Waals surface area contributed by atoms with Crippen molar-refractivity contribution in [2.24, 2.45) is 0 Å². The smallest absolute Gasteiger partial charge is 0.156 e. The van der Waals surface area contributed by atoms with E-state index in [1.807, 2.05) is 0 Å². The van der Waals surface area contributed by atoms with Gasteiger partial charge >= 0.3 is 0 Å². The number of rotatable bonds is 2. The quantitative estimate of drug-likeness (QED) is 0.430. The zero-order valence-electron chi connectivity index (χ0n) is 7.44. The Hall–Kier alpha value is 0.480. The molecule has 0 N–H and O–H groups in total. The minimum atomic E-state index is -2.00. The molecule has 0 radical (unpaired) electrons. The summed E-state index contributed by atoms with van der Waals surface area (Å²) in [7, 11) is 0. The number of hydrogen-bond acceptors (Lipinski definition) is 1. The van der Waals surface area contributed by atoms with E-state index in [2.05, 4.69) is 22.6 Å². The van der Waals surface area contributed by atoms with E-state index >= 15 is 0 Å². The average Bonchev–Trinajstić information content (AvgIpc) is 2.00. The maximum Gasteiger partial charge on any atom is 0.156 e. The fourth-order valence-corrected chi connectivity index (χ4v) is 2.06. The molecule has 0 bridgehead atoms. The molecule has 2 unspecified atom stereocenters. The molecule has 1 fully saturated rings. The van der Waals surface area contributed by atoms with Gasteiger partial charge in [0, 0.05) is 23.9 Å². The van der Waals surface area contributed by atoms with Gasteiger partial charge in [-0.25, -0.2) is 13.2 Å². The van der Waals surface area contributed by atoms with Gasteiger partial charge in [-0.1, -0.05) is 22.6 Å². The third-order valence-corrected chi connectivity index (χ3v) is 2.87. The van der Waals surface area contributed by atoms with Gasteiger partial charge in [0.05, 0.1) is 0 Å². The Balaban J connectivity index is 2.57. The number of hydrogen-bond donors (Lipinski definition) is 0. The molecule has 0 aliphatic carbocycles. The van der Waals surface area contributed by atoms with Gasteiger partial charge in [0.25, 0.3) is 0 Å². The summed E-state index contributed by atoms with van der Waals surface area (Å²) in [4.78, 5) is 1.36. The minimum absolute atomic E-state index is 0.128. The Morgan fingerprint density at radius 2 is 2.15 bits per heavy atom. The molecule has 0 amide bonds. The fourth-order valence-electron chi connectivity index (χ4n) is 1.44. The molecular weight excluding hydrogens is 294 g/mol. The van der Waals surface area contributed by atoms with Gasteiger partial charge in [0.2, 0.25) is 0 Å². The number of alkyl halides is 4. The van der Waals surface area contributed by atoms with Crippen LogP contribution >= 0.6 is 22.6 Å². The van der Waals surface area contributed by atoms with Gasteiger partial charge in [0.1, 0.15) is 11.8 Å². The van der Waals surface area contributed by atoms with Crippen molar-refractivity contribution in [2.75, 3.05) is 17.5 Å². The Morgan fingerprint density at radius 3 is 2.69 bits per heavy atom. The number of likely N-dealkylation sites (tertiary alicyclic amines) is 1. The van der Waals surface area contributed by atoms with Crippen LogP contribution in [0.5, 0.6) is 0 Å². The monoisotopic (exact) mass is 307 g/mol. The van der Waals surface area contributed by atoms with Crippen LogP contribution in [0.25, 0.3) is 0 Å². The molecule has 5 heteroatoms. The normalized spacial score (nSPS) is 42.2. The van der Waals surface area contributed by atoms with Crippen molar-refractivity contribution < 1.29 is 13.2 Å². The lowest BCUT2D eigenvalue weighted by Crippen LogP contribution is -2.53. The van der Waals surface area contributed by atoms with Crippen LogP contribution in [0.1, 0.15) is 13.3 Å². The van der Waals surface area contributed by atoms with E-state index in [1.165, 1.54) is 4.90 Å². The molecule has 1 aliphatic heterocycles. The molecule has 1 nitrogen and oxygen atoms in total.